The van der Waals surface area contributed by atoms with Crippen LogP contribution in [0.1, 0.15) is 17.3 Å². The van der Waals surface area contributed by atoms with E-state index < -0.39 is 0 Å². The molecule has 0 aromatic heterocycles. The van der Waals surface area contributed by atoms with Gasteiger partial charge in [0.05, 0.1) is 6.17 Å². The lowest BCUT2D eigenvalue weighted by molar-refractivity contribution is 0.476. The second kappa shape index (κ2) is 5.03. The van der Waals surface area contributed by atoms with Crippen LogP contribution in [0.15, 0.2) is 42.5 Å². The molecule has 19 heavy (non-hydrogen) atoms. The van der Waals surface area contributed by atoms with Crippen molar-refractivity contribution in [1.29, 1.82) is 0 Å². The molecule has 3 nitrogen and oxygen atoms in total. The average Bonchev–Trinajstić information content (AvgIpc) is 2.93. The highest BCUT2D eigenvalue weighted by molar-refractivity contribution is 5.71. The molecule has 0 radical (unpaired) electrons. The van der Waals surface area contributed by atoms with Crippen LogP contribution in [-0.2, 0) is 0 Å². The normalized spacial score (nSPS) is 15.8. The predicted molar refractivity (Wildman–Crippen MR) is 77.0 cm³/mol. The summed E-state index contributed by atoms with van der Waals surface area (Å²) < 4.78 is 0. The summed E-state index contributed by atoms with van der Waals surface area (Å²) in [4.78, 5) is 0. The van der Waals surface area contributed by atoms with E-state index in [-0.39, 0.29) is 6.17 Å². The third-order valence-electron chi connectivity index (χ3n) is 3.50. The van der Waals surface area contributed by atoms with Crippen LogP contribution < -0.4 is 10.6 Å². The lowest BCUT2D eigenvalue weighted by atomic mass is 9.99. The summed E-state index contributed by atoms with van der Waals surface area (Å²) in [7, 11) is 0. The molecular weight excluding hydrogens is 236 g/mol. The molecule has 2 aromatic rings. The summed E-state index contributed by atoms with van der Waals surface area (Å²) in [5.41, 5.74) is 4.29. The van der Waals surface area contributed by atoms with Crippen LogP contribution in [0.25, 0.3) is 11.1 Å². The summed E-state index contributed by atoms with van der Waals surface area (Å²) in [5, 5.41) is 16.9. The second-order valence-electron chi connectivity index (χ2n) is 4.99. The lowest BCUT2D eigenvalue weighted by Gasteiger charge is -2.14. The molecule has 0 saturated carbocycles. The van der Waals surface area contributed by atoms with Crippen molar-refractivity contribution in [2.45, 2.75) is 13.1 Å². The maximum Gasteiger partial charge on any atom is 0.123 e. The number of aromatic hydroxyl groups is 1. The Labute approximate surface area is 113 Å². The number of hydrogen-bond donors (Lipinski definition) is 3. The van der Waals surface area contributed by atoms with E-state index in [2.05, 4.69) is 35.8 Å². The van der Waals surface area contributed by atoms with Gasteiger partial charge in [-0.2, -0.15) is 0 Å². The summed E-state index contributed by atoms with van der Waals surface area (Å²) in [5.74, 6) is 0.326. The second-order valence-corrected chi connectivity index (χ2v) is 4.99. The number of hydrogen-bond acceptors (Lipinski definition) is 3. The number of benzene rings is 2. The molecule has 98 valence electrons. The van der Waals surface area contributed by atoms with E-state index in [4.69, 9.17) is 0 Å². The first-order chi connectivity index (χ1) is 9.24. The zero-order valence-corrected chi connectivity index (χ0v) is 11.0. The highest BCUT2D eigenvalue weighted by atomic mass is 16.3. The molecule has 2 aromatic carbocycles. The molecule has 0 aliphatic carbocycles. The molecular formula is C16H18N2O. The number of phenols is 1. The molecule has 0 atom stereocenters. The highest BCUT2D eigenvalue weighted by Crippen LogP contribution is 2.32. The maximum atomic E-state index is 10.1. The van der Waals surface area contributed by atoms with Crippen LogP contribution in [0, 0.1) is 6.92 Å². The van der Waals surface area contributed by atoms with Crippen molar-refractivity contribution in [3.63, 3.8) is 0 Å². The molecule has 0 bridgehead atoms. The third-order valence-corrected chi connectivity index (χ3v) is 3.50. The Balaban J connectivity index is 2.02. The van der Waals surface area contributed by atoms with Crippen LogP contribution in [0.3, 0.4) is 0 Å². The molecule has 1 aliphatic heterocycles. The Morgan fingerprint density at radius 2 is 1.84 bits per heavy atom. The van der Waals surface area contributed by atoms with Crippen molar-refractivity contribution >= 4 is 0 Å². The lowest BCUT2D eigenvalue weighted by Crippen LogP contribution is -2.21. The Bertz CT molecular complexity index is 589. The van der Waals surface area contributed by atoms with Gasteiger partial charge in [-0.15, -0.1) is 0 Å². The first-order valence-electron chi connectivity index (χ1n) is 6.61. The van der Waals surface area contributed by atoms with Crippen LogP contribution in [0.2, 0.25) is 0 Å². The zero-order valence-electron chi connectivity index (χ0n) is 11.0. The van der Waals surface area contributed by atoms with Gasteiger partial charge in [-0.05, 0) is 30.2 Å². The van der Waals surface area contributed by atoms with E-state index in [1.807, 2.05) is 18.2 Å². The molecule has 3 N–H and O–H groups in total. The summed E-state index contributed by atoms with van der Waals surface area (Å²) in [6, 6.07) is 14.0. The summed E-state index contributed by atoms with van der Waals surface area (Å²) in [6.45, 7) is 4.02. The smallest absolute Gasteiger partial charge is 0.123 e. The predicted octanol–water partition coefficient (Wildman–Crippen LogP) is 2.56. The summed E-state index contributed by atoms with van der Waals surface area (Å²) in [6.07, 6.45) is 0.184. The molecule has 1 aliphatic rings. The van der Waals surface area contributed by atoms with Crippen molar-refractivity contribution < 1.29 is 5.11 Å². The van der Waals surface area contributed by atoms with Gasteiger partial charge in [0, 0.05) is 18.7 Å². The monoisotopic (exact) mass is 254 g/mol. The van der Waals surface area contributed by atoms with Gasteiger partial charge in [-0.1, -0.05) is 35.9 Å². The first-order valence-corrected chi connectivity index (χ1v) is 6.61. The van der Waals surface area contributed by atoms with Crippen molar-refractivity contribution in [3.05, 3.63) is 53.6 Å². The molecule has 1 fully saturated rings. The van der Waals surface area contributed by atoms with E-state index in [1.54, 1.807) is 6.07 Å². The van der Waals surface area contributed by atoms with Crippen LogP contribution in [-0.4, -0.2) is 18.2 Å². The standard InChI is InChI=1S/C16H18N2O/c1-11-3-2-4-12(9-11)14-10-13(5-6-15(14)19)16-17-7-8-18-16/h2-6,9-10,16-19H,7-8H2,1H3. The van der Waals surface area contributed by atoms with Gasteiger partial charge in [-0.25, -0.2) is 0 Å². The Morgan fingerprint density at radius 3 is 2.58 bits per heavy atom. The maximum absolute atomic E-state index is 10.1. The minimum absolute atomic E-state index is 0.184. The third kappa shape index (κ3) is 2.48. The number of phenolic OH excluding ortho intramolecular Hbond substituents is 1. The fourth-order valence-corrected chi connectivity index (χ4v) is 2.52. The minimum atomic E-state index is 0.184. The molecule has 1 saturated heterocycles. The SMILES string of the molecule is Cc1cccc(-c2cc(C3NCCN3)ccc2O)c1. The van der Waals surface area contributed by atoms with Gasteiger partial charge in [0.1, 0.15) is 5.75 Å². The number of rotatable bonds is 2. The number of nitrogens with one attached hydrogen (secondary N) is 2. The Hall–Kier alpha value is -1.84. The van der Waals surface area contributed by atoms with Gasteiger partial charge in [0.2, 0.25) is 0 Å². The van der Waals surface area contributed by atoms with Crippen molar-refractivity contribution in [3.8, 4) is 16.9 Å². The van der Waals surface area contributed by atoms with Crippen LogP contribution >= 0.6 is 0 Å². The van der Waals surface area contributed by atoms with Crippen molar-refractivity contribution in [2.24, 2.45) is 0 Å². The van der Waals surface area contributed by atoms with E-state index in [0.29, 0.717) is 5.75 Å². The molecule has 3 rings (SSSR count). The number of aryl methyl sites for hydroxylation is 1. The van der Waals surface area contributed by atoms with Gasteiger partial charge >= 0.3 is 0 Å². The van der Waals surface area contributed by atoms with E-state index in [9.17, 15) is 5.11 Å². The van der Waals surface area contributed by atoms with E-state index in [1.165, 1.54) is 5.56 Å². The van der Waals surface area contributed by atoms with Crippen LogP contribution in [0.4, 0.5) is 0 Å². The van der Waals surface area contributed by atoms with E-state index >= 15 is 0 Å². The zero-order chi connectivity index (χ0) is 13.2. The summed E-state index contributed by atoms with van der Waals surface area (Å²) >= 11 is 0. The van der Waals surface area contributed by atoms with Crippen LogP contribution in [0.5, 0.6) is 5.75 Å². The fourth-order valence-electron chi connectivity index (χ4n) is 2.52. The minimum Gasteiger partial charge on any atom is -0.507 e. The molecule has 0 amide bonds. The topological polar surface area (TPSA) is 44.3 Å². The molecule has 0 spiro atoms. The van der Waals surface area contributed by atoms with Gasteiger partial charge in [0.25, 0.3) is 0 Å². The largest absolute Gasteiger partial charge is 0.507 e. The van der Waals surface area contributed by atoms with Crippen molar-refractivity contribution in [2.75, 3.05) is 13.1 Å². The Kier molecular flexibility index (Phi) is 3.23. The first kappa shape index (κ1) is 12.2. The molecule has 3 heteroatoms. The quantitative estimate of drug-likeness (QED) is 0.771. The molecule has 1 heterocycles. The Morgan fingerprint density at radius 1 is 1.05 bits per heavy atom. The van der Waals surface area contributed by atoms with Gasteiger partial charge in [-0.3, -0.25) is 10.6 Å². The van der Waals surface area contributed by atoms with Crippen molar-refractivity contribution in [1.82, 2.24) is 10.6 Å². The van der Waals surface area contributed by atoms with E-state index in [0.717, 1.165) is 29.8 Å². The average molecular weight is 254 g/mol. The fraction of sp³-hybridized carbons (Fsp3) is 0.250. The van der Waals surface area contributed by atoms with Gasteiger partial charge < -0.3 is 5.11 Å². The molecule has 0 unspecified atom stereocenters. The van der Waals surface area contributed by atoms with Gasteiger partial charge in [0.15, 0.2) is 0 Å². The highest BCUT2D eigenvalue weighted by Gasteiger charge is 2.16.